The Balaban J connectivity index is 1.91. The smallest absolute Gasteiger partial charge is 0.120 e. The fourth-order valence-electron chi connectivity index (χ4n) is 2.23. The van der Waals surface area contributed by atoms with Crippen LogP contribution in [0.15, 0.2) is 54.6 Å². The lowest BCUT2D eigenvalue weighted by Crippen LogP contribution is -1.98. The molecule has 1 aromatic heterocycles. The molecule has 20 heavy (non-hydrogen) atoms. The van der Waals surface area contributed by atoms with Gasteiger partial charge in [-0.15, -0.1) is 0 Å². The lowest BCUT2D eigenvalue weighted by atomic mass is 10.1. The van der Waals surface area contributed by atoms with Crippen LogP contribution >= 0.6 is 22.6 Å². The molecule has 2 aromatic carbocycles. The van der Waals surface area contributed by atoms with E-state index in [9.17, 15) is 0 Å². The quantitative estimate of drug-likeness (QED) is 0.618. The van der Waals surface area contributed by atoms with Gasteiger partial charge in [-0.3, -0.25) is 4.98 Å². The summed E-state index contributed by atoms with van der Waals surface area (Å²) < 4.78 is 7.08. The second-order valence-electron chi connectivity index (χ2n) is 4.69. The minimum atomic E-state index is 0.559. The molecule has 0 aliphatic rings. The zero-order valence-electron chi connectivity index (χ0n) is 11.1. The van der Waals surface area contributed by atoms with E-state index in [-0.39, 0.29) is 0 Å². The summed E-state index contributed by atoms with van der Waals surface area (Å²) in [5.41, 5.74) is 3.21. The zero-order valence-corrected chi connectivity index (χ0v) is 13.3. The van der Waals surface area contributed by atoms with Crippen molar-refractivity contribution in [1.29, 1.82) is 0 Å². The molecular weight excluding hydrogens is 361 g/mol. The monoisotopic (exact) mass is 375 g/mol. The van der Waals surface area contributed by atoms with E-state index in [0.29, 0.717) is 6.61 Å². The van der Waals surface area contributed by atoms with Gasteiger partial charge < -0.3 is 4.74 Å². The summed E-state index contributed by atoms with van der Waals surface area (Å²) in [6.07, 6.45) is 0. The fraction of sp³-hybridized carbons (Fsp3) is 0.118. The van der Waals surface area contributed by atoms with Gasteiger partial charge in [0.15, 0.2) is 0 Å². The van der Waals surface area contributed by atoms with Gasteiger partial charge >= 0.3 is 0 Å². The molecule has 3 rings (SSSR count). The number of hydrogen-bond acceptors (Lipinski definition) is 2. The summed E-state index contributed by atoms with van der Waals surface area (Å²) >= 11 is 2.29. The lowest BCUT2D eigenvalue weighted by Gasteiger charge is -2.10. The maximum Gasteiger partial charge on any atom is 0.120 e. The van der Waals surface area contributed by atoms with E-state index in [1.807, 2.05) is 43.3 Å². The van der Waals surface area contributed by atoms with Crippen LogP contribution in [0.4, 0.5) is 0 Å². The number of rotatable bonds is 3. The molecular formula is C17H14INO. The highest BCUT2D eigenvalue weighted by atomic mass is 127. The predicted octanol–water partition coefficient (Wildman–Crippen LogP) is 4.73. The van der Waals surface area contributed by atoms with Crippen LogP contribution in [0.2, 0.25) is 0 Å². The zero-order chi connectivity index (χ0) is 13.9. The Labute approximate surface area is 131 Å². The van der Waals surface area contributed by atoms with Crippen LogP contribution in [0.1, 0.15) is 11.3 Å². The summed E-state index contributed by atoms with van der Waals surface area (Å²) in [7, 11) is 0. The van der Waals surface area contributed by atoms with Crippen LogP contribution in [0.3, 0.4) is 0 Å². The molecule has 0 saturated carbocycles. The SMILES string of the molecule is Cc1cc(COc2cccc(I)c2)c2ccccc2n1. The molecule has 3 heteroatoms. The highest BCUT2D eigenvalue weighted by molar-refractivity contribution is 14.1. The molecule has 100 valence electrons. The number of fused-ring (bicyclic) bond motifs is 1. The summed E-state index contributed by atoms with van der Waals surface area (Å²) in [4.78, 5) is 4.55. The number of aryl methyl sites for hydroxylation is 1. The number of aromatic nitrogens is 1. The standard InChI is InChI=1S/C17H14INO/c1-12-9-13(16-7-2-3-8-17(16)19-12)11-20-15-6-4-5-14(18)10-15/h2-10H,11H2,1H3. The van der Waals surface area contributed by atoms with Gasteiger partial charge in [0.2, 0.25) is 0 Å². The van der Waals surface area contributed by atoms with Crippen LogP contribution in [0.5, 0.6) is 5.75 Å². The van der Waals surface area contributed by atoms with Gasteiger partial charge in [0.25, 0.3) is 0 Å². The van der Waals surface area contributed by atoms with E-state index in [1.54, 1.807) is 0 Å². The minimum absolute atomic E-state index is 0.559. The molecule has 0 saturated heterocycles. The van der Waals surface area contributed by atoms with Crippen molar-refractivity contribution in [2.45, 2.75) is 13.5 Å². The number of para-hydroxylation sites is 1. The van der Waals surface area contributed by atoms with Gasteiger partial charge in [0, 0.05) is 20.2 Å². The molecule has 0 spiro atoms. The normalized spacial score (nSPS) is 10.7. The predicted molar refractivity (Wildman–Crippen MR) is 90.0 cm³/mol. The Hall–Kier alpha value is -1.62. The van der Waals surface area contributed by atoms with E-state index in [1.165, 1.54) is 9.13 Å². The number of halogens is 1. The second-order valence-corrected chi connectivity index (χ2v) is 5.93. The Kier molecular flexibility index (Phi) is 3.87. The molecule has 0 radical (unpaired) electrons. The third-order valence-electron chi connectivity index (χ3n) is 3.12. The molecule has 0 aliphatic carbocycles. The van der Waals surface area contributed by atoms with Crippen LogP contribution in [0.25, 0.3) is 10.9 Å². The summed E-state index contributed by atoms with van der Waals surface area (Å²) in [5.74, 6) is 0.899. The number of pyridine rings is 1. The number of benzene rings is 2. The van der Waals surface area contributed by atoms with Gasteiger partial charge in [-0.25, -0.2) is 0 Å². The Bertz CT molecular complexity index is 755. The van der Waals surface area contributed by atoms with E-state index in [4.69, 9.17) is 4.74 Å². The van der Waals surface area contributed by atoms with E-state index >= 15 is 0 Å². The van der Waals surface area contributed by atoms with E-state index in [2.05, 4.69) is 45.8 Å². The van der Waals surface area contributed by atoms with Crippen molar-refractivity contribution >= 4 is 33.5 Å². The first-order chi connectivity index (χ1) is 9.72. The molecule has 0 N–H and O–H groups in total. The van der Waals surface area contributed by atoms with Crippen molar-refractivity contribution in [2.24, 2.45) is 0 Å². The summed E-state index contributed by atoms with van der Waals surface area (Å²) in [6, 6.07) is 18.4. The molecule has 3 aromatic rings. The Morgan fingerprint density at radius 3 is 2.75 bits per heavy atom. The van der Waals surface area contributed by atoms with Gasteiger partial charge in [0.1, 0.15) is 12.4 Å². The molecule has 0 unspecified atom stereocenters. The van der Waals surface area contributed by atoms with Crippen molar-refractivity contribution in [2.75, 3.05) is 0 Å². The lowest BCUT2D eigenvalue weighted by molar-refractivity contribution is 0.307. The van der Waals surface area contributed by atoms with Crippen molar-refractivity contribution in [3.63, 3.8) is 0 Å². The number of ether oxygens (including phenoxy) is 1. The van der Waals surface area contributed by atoms with Gasteiger partial charge in [-0.1, -0.05) is 24.3 Å². The van der Waals surface area contributed by atoms with Crippen LogP contribution in [-0.4, -0.2) is 4.98 Å². The third-order valence-corrected chi connectivity index (χ3v) is 3.79. The number of hydrogen-bond donors (Lipinski definition) is 0. The Morgan fingerprint density at radius 2 is 1.90 bits per heavy atom. The van der Waals surface area contributed by atoms with Gasteiger partial charge in [0.05, 0.1) is 5.52 Å². The highest BCUT2D eigenvalue weighted by Gasteiger charge is 2.04. The van der Waals surface area contributed by atoms with Gasteiger partial charge in [-0.05, 0) is 59.8 Å². The van der Waals surface area contributed by atoms with Crippen molar-refractivity contribution < 1.29 is 4.74 Å². The molecule has 0 aliphatic heterocycles. The maximum absolute atomic E-state index is 5.90. The van der Waals surface area contributed by atoms with Crippen molar-refractivity contribution in [3.05, 3.63) is 69.4 Å². The van der Waals surface area contributed by atoms with Crippen LogP contribution < -0.4 is 4.74 Å². The van der Waals surface area contributed by atoms with Crippen LogP contribution in [0, 0.1) is 10.5 Å². The summed E-state index contributed by atoms with van der Waals surface area (Å²) in [5, 5.41) is 1.16. The first-order valence-corrected chi connectivity index (χ1v) is 7.54. The van der Waals surface area contributed by atoms with E-state index < -0.39 is 0 Å². The second kappa shape index (κ2) is 5.79. The molecule has 0 fully saturated rings. The van der Waals surface area contributed by atoms with Crippen LogP contribution in [-0.2, 0) is 6.61 Å². The molecule has 0 amide bonds. The summed E-state index contributed by atoms with van der Waals surface area (Å²) in [6.45, 7) is 2.57. The maximum atomic E-state index is 5.90. The minimum Gasteiger partial charge on any atom is -0.489 e. The topological polar surface area (TPSA) is 22.1 Å². The highest BCUT2D eigenvalue weighted by Crippen LogP contribution is 2.21. The number of nitrogens with zero attached hydrogens (tertiary/aromatic N) is 1. The molecule has 0 bridgehead atoms. The first-order valence-electron chi connectivity index (χ1n) is 6.46. The average molecular weight is 375 g/mol. The largest absolute Gasteiger partial charge is 0.489 e. The average Bonchev–Trinajstić information content (AvgIpc) is 2.44. The first kappa shape index (κ1) is 13.4. The van der Waals surface area contributed by atoms with E-state index in [0.717, 1.165) is 22.3 Å². The molecule has 2 nitrogen and oxygen atoms in total. The molecule has 0 atom stereocenters. The molecule has 1 heterocycles. The van der Waals surface area contributed by atoms with Crippen molar-refractivity contribution in [3.8, 4) is 5.75 Å². The third kappa shape index (κ3) is 2.93. The van der Waals surface area contributed by atoms with Crippen molar-refractivity contribution in [1.82, 2.24) is 4.98 Å². The van der Waals surface area contributed by atoms with Gasteiger partial charge in [-0.2, -0.15) is 0 Å². The Morgan fingerprint density at radius 1 is 1.05 bits per heavy atom. The fourth-order valence-corrected chi connectivity index (χ4v) is 2.75.